The Labute approximate surface area is 61.4 Å². The van der Waals surface area contributed by atoms with Crippen molar-refractivity contribution in [2.24, 2.45) is 5.92 Å². The number of rotatable bonds is 5. The van der Waals surface area contributed by atoms with Crippen LogP contribution >= 0.6 is 12.6 Å². The van der Waals surface area contributed by atoms with Crippen molar-refractivity contribution in [3.8, 4) is 0 Å². The SMILES string of the molecule is CC(C=O)CNCCS. The molecule has 1 N–H and O–H groups in total. The van der Waals surface area contributed by atoms with E-state index in [1.807, 2.05) is 6.92 Å². The average Bonchev–Trinajstić information content (AvgIpc) is 1.89. The first kappa shape index (κ1) is 8.98. The van der Waals surface area contributed by atoms with Gasteiger partial charge in [0.15, 0.2) is 0 Å². The van der Waals surface area contributed by atoms with Crippen molar-refractivity contribution in [3.05, 3.63) is 0 Å². The molecule has 0 saturated heterocycles. The first-order valence-electron chi connectivity index (χ1n) is 3.08. The van der Waals surface area contributed by atoms with E-state index in [1.165, 1.54) is 0 Å². The van der Waals surface area contributed by atoms with Crippen LogP contribution in [0.15, 0.2) is 0 Å². The lowest BCUT2D eigenvalue weighted by Crippen LogP contribution is -2.23. The van der Waals surface area contributed by atoms with Gasteiger partial charge in [-0.2, -0.15) is 12.6 Å². The zero-order chi connectivity index (χ0) is 7.11. The molecule has 9 heavy (non-hydrogen) atoms. The molecule has 0 amide bonds. The Morgan fingerprint density at radius 3 is 2.89 bits per heavy atom. The molecule has 0 fully saturated rings. The molecule has 0 heterocycles. The van der Waals surface area contributed by atoms with E-state index in [-0.39, 0.29) is 5.92 Å². The fourth-order valence-electron chi connectivity index (χ4n) is 0.457. The largest absolute Gasteiger partial charge is 0.315 e. The van der Waals surface area contributed by atoms with E-state index < -0.39 is 0 Å². The minimum absolute atomic E-state index is 0.130. The van der Waals surface area contributed by atoms with Gasteiger partial charge in [-0.3, -0.25) is 0 Å². The van der Waals surface area contributed by atoms with Crippen LogP contribution in [0.25, 0.3) is 0 Å². The molecule has 0 aliphatic carbocycles. The molecule has 2 nitrogen and oxygen atoms in total. The third-order valence-corrected chi connectivity index (χ3v) is 1.21. The molecule has 0 aromatic rings. The molecular formula is C6H13NOS. The zero-order valence-electron chi connectivity index (χ0n) is 5.63. The van der Waals surface area contributed by atoms with Crippen molar-refractivity contribution >= 4 is 18.9 Å². The van der Waals surface area contributed by atoms with Crippen molar-refractivity contribution in [1.29, 1.82) is 0 Å². The van der Waals surface area contributed by atoms with E-state index in [1.54, 1.807) is 0 Å². The second-order valence-corrected chi connectivity index (χ2v) is 2.49. The van der Waals surface area contributed by atoms with Crippen LogP contribution in [-0.2, 0) is 4.79 Å². The number of hydrogen-bond donors (Lipinski definition) is 2. The molecule has 0 aliphatic heterocycles. The summed E-state index contributed by atoms with van der Waals surface area (Å²) in [6.45, 7) is 3.53. The highest BCUT2D eigenvalue weighted by atomic mass is 32.1. The normalized spacial score (nSPS) is 13.1. The van der Waals surface area contributed by atoms with Crippen molar-refractivity contribution in [3.63, 3.8) is 0 Å². The van der Waals surface area contributed by atoms with Crippen LogP contribution in [0.4, 0.5) is 0 Å². The van der Waals surface area contributed by atoms with Gasteiger partial charge in [0.05, 0.1) is 0 Å². The first-order valence-corrected chi connectivity index (χ1v) is 3.71. The highest BCUT2D eigenvalue weighted by Gasteiger charge is 1.95. The molecule has 0 bridgehead atoms. The van der Waals surface area contributed by atoms with Gasteiger partial charge in [0.25, 0.3) is 0 Å². The van der Waals surface area contributed by atoms with Crippen LogP contribution in [0.1, 0.15) is 6.92 Å². The van der Waals surface area contributed by atoms with Crippen molar-refractivity contribution in [2.45, 2.75) is 6.92 Å². The van der Waals surface area contributed by atoms with Crippen LogP contribution in [0, 0.1) is 5.92 Å². The van der Waals surface area contributed by atoms with E-state index in [0.717, 1.165) is 25.1 Å². The van der Waals surface area contributed by atoms with Crippen LogP contribution in [0.2, 0.25) is 0 Å². The smallest absolute Gasteiger partial charge is 0.124 e. The molecule has 0 spiro atoms. The highest BCUT2D eigenvalue weighted by Crippen LogP contribution is 1.83. The lowest BCUT2D eigenvalue weighted by atomic mass is 10.2. The van der Waals surface area contributed by atoms with Gasteiger partial charge >= 0.3 is 0 Å². The van der Waals surface area contributed by atoms with E-state index in [4.69, 9.17) is 0 Å². The minimum atomic E-state index is 0.130. The van der Waals surface area contributed by atoms with Crippen molar-refractivity contribution in [2.75, 3.05) is 18.8 Å². The Kier molecular flexibility index (Phi) is 6.09. The fraction of sp³-hybridized carbons (Fsp3) is 0.833. The molecule has 0 aromatic carbocycles. The number of thiol groups is 1. The highest BCUT2D eigenvalue weighted by molar-refractivity contribution is 7.80. The second kappa shape index (κ2) is 6.11. The van der Waals surface area contributed by atoms with Gasteiger partial charge in [0.2, 0.25) is 0 Å². The van der Waals surface area contributed by atoms with Crippen LogP contribution < -0.4 is 5.32 Å². The number of hydrogen-bond acceptors (Lipinski definition) is 3. The first-order chi connectivity index (χ1) is 4.31. The number of aldehydes is 1. The molecule has 0 rings (SSSR count). The molecule has 1 atom stereocenters. The lowest BCUT2D eigenvalue weighted by Gasteiger charge is -2.02. The lowest BCUT2D eigenvalue weighted by molar-refractivity contribution is -0.110. The summed E-state index contributed by atoms with van der Waals surface area (Å²) >= 11 is 4.00. The second-order valence-electron chi connectivity index (χ2n) is 2.04. The van der Waals surface area contributed by atoms with Crippen LogP contribution in [0.3, 0.4) is 0 Å². The predicted molar refractivity (Wildman–Crippen MR) is 42.0 cm³/mol. The molecule has 0 aromatic heterocycles. The van der Waals surface area contributed by atoms with E-state index in [9.17, 15) is 4.79 Å². The molecule has 0 radical (unpaired) electrons. The van der Waals surface area contributed by atoms with Crippen molar-refractivity contribution < 1.29 is 4.79 Å². The van der Waals surface area contributed by atoms with E-state index >= 15 is 0 Å². The van der Waals surface area contributed by atoms with E-state index in [2.05, 4.69) is 17.9 Å². The Hall–Kier alpha value is -0.0200. The fourth-order valence-corrected chi connectivity index (χ4v) is 0.615. The third kappa shape index (κ3) is 5.86. The monoisotopic (exact) mass is 147 g/mol. The van der Waals surface area contributed by atoms with Crippen LogP contribution in [0.5, 0.6) is 0 Å². The Morgan fingerprint density at radius 1 is 1.78 bits per heavy atom. The quantitative estimate of drug-likeness (QED) is 0.333. The molecule has 54 valence electrons. The maximum absolute atomic E-state index is 10.0. The topological polar surface area (TPSA) is 29.1 Å². The molecular weight excluding hydrogens is 134 g/mol. The summed E-state index contributed by atoms with van der Waals surface area (Å²) in [5, 5.41) is 3.08. The van der Waals surface area contributed by atoms with Gasteiger partial charge in [-0.1, -0.05) is 6.92 Å². The van der Waals surface area contributed by atoms with Gasteiger partial charge in [-0.25, -0.2) is 0 Å². The summed E-state index contributed by atoms with van der Waals surface area (Å²) in [4.78, 5) is 10.0. The maximum atomic E-state index is 10.0. The van der Waals surface area contributed by atoms with Gasteiger partial charge in [-0.05, 0) is 0 Å². The van der Waals surface area contributed by atoms with Crippen molar-refractivity contribution in [1.82, 2.24) is 5.32 Å². The Morgan fingerprint density at radius 2 is 2.44 bits per heavy atom. The molecule has 1 unspecified atom stereocenters. The number of carbonyl (C=O) groups excluding carboxylic acids is 1. The summed E-state index contributed by atoms with van der Waals surface area (Å²) in [7, 11) is 0. The van der Waals surface area contributed by atoms with Gasteiger partial charge < -0.3 is 10.1 Å². The van der Waals surface area contributed by atoms with Gasteiger partial charge in [0.1, 0.15) is 6.29 Å². The van der Waals surface area contributed by atoms with Crippen LogP contribution in [-0.4, -0.2) is 25.1 Å². The summed E-state index contributed by atoms with van der Waals surface area (Å²) in [6.07, 6.45) is 0.950. The summed E-state index contributed by atoms with van der Waals surface area (Å²) < 4.78 is 0. The molecule has 0 aliphatic rings. The average molecular weight is 147 g/mol. The summed E-state index contributed by atoms with van der Waals surface area (Å²) in [6, 6.07) is 0. The van der Waals surface area contributed by atoms with Gasteiger partial charge in [-0.15, -0.1) is 0 Å². The molecule has 0 saturated carbocycles. The maximum Gasteiger partial charge on any atom is 0.124 e. The number of carbonyl (C=O) groups is 1. The number of nitrogens with one attached hydrogen (secondary N) is 1. The standard InChI is InChI=1S/C6H13NOS/c1-6(5-8)4-7-2-3-9/h5-7,9H,2-4H2,1H3. The van der Waals surface area contributed by atoms with E-state index in [0.29, 0.717) is 0 Å². The summed E-state index contributed by atoms with van der Waals surface area (Å²) in [5.74, 6) is 0.954. The van der Waals surface area contributed by atoms with Gasteiger partial charge in [0, 0.05) is 24.8 Å². The zero-order valence-corrected chi connectivity index (χ0v) is 6.53. The predicted octanol–water partition coefficient (Wildman–Crippen LogP) is 0.341. The third-order valence-electron chi connectivity index (χ3n) is 0.987. The summed E-state index contributed by atoms with van der Waals surface area (Å²) in [5.41, 5.74) is 0. The Balaban J connectivity index is 2.96. The molecule has 3 heteroatoms. The Bertz CT molecular complexity index is 77.5. The minimum Gasteiger partial charge on any atom is -0.315 e.